The number of ether oxygens (including phenoxy) is 2. The molecule has 0 unspecified atom stereocenters. The second kappa shape index (κ2) is 12.2. The highest BCUT2D eigenvalue weighted by molar-refractivity contribution is 7.85. The minimum atomic E-state index is -4.00. The van der Waals surface area contributed by atoms with Crippen molar-refractivity contribution in [1.82, 2.24) is 14.5 Å². The van der Waals surface area contributed by atoms with E-state index in [1.54, 1.807) is 36.1 Å². The Labute approximate surface area is 237 Å². The molecule has 5 rings (SSSR count). The maximum atomic E-state index is 13.9. The van der Waals surface area contributed by atoms with Crippen molar-refractivity contribution < 1.29 is 31.8 Å². The van der Waals surface area contributed by atoms with Gasteiger partial charge in [0.25, 0.3) is 10.1 Å². The molecule has 0 bridgehead atoms. The number of benzene rings is 3. The number of fused-ring (bicyclic) bond motifs is 1. The number of nitro benzene ring substituents is 1. The standard InChI is InChI=1S/C20H15ClFN5O4.C6H6O3S/c1-30-17-5-3-4-15-11(17)6-7-26(15)19-12(21)10-23-20(25-19)24-14-9-16(27(28)29)13(22)8-18(14)31-2;7-10(8,9)6-4-2-1-3-5-6/h3-10H,1-2H3,(H,23,24,25);1-5H,(H,7,8,9). The topological polar surface area (TPSA) is 159 Å². The fourth-order valence-corrected chi connectivity index (χ4v) is 4.44. The molecule has 0 aliphatic rings. The molecule has 3 aromatic carbocycles. The van der Waals surface area contributed by atoms with E-state index >= 15 is 0 Å². The zero-order valence-electron chi connectivity index (χ0n) is 21.4. The Morgan fingerprint density at radius 3 is 2.37 bits per heavy atom. The molecule has 0 aliphatic carbocycles. The molecule has 15 heteroatoms. The summed E-state index contributed by atoms with van der Waals surface area (Å²) in [5.41, 5.74) is 0.227. The minimum absolute atomic E-state index is 0.0550. The number of anilines is 2. The number of hydrogen-bond acceptors (Lipinski definition) is 9. The summed E-state index contributed by atoms with van der Waals surface area (Å²) in [6, 6.07) is 16.8. The van der Waals surface area contributed by atoms with E-state index in [-0.39, 0.29) is 27.3 Å². The van der Waals surface area contributed by atoms with Crippen LogP contribution in [0.5, 0.6) is 11.5 Å². The third-order valence-electron chi connectivity index (χ3n) is 5.62. The van der Waals surface area contributed by atoms with E-state index in [0.717, 1.165) is 23.0 Å². The Bertz CT molecular complexity index is 1840. The van der Waals surface area contributed by atoms with Crippen molar-refractivity contribution in [3.63, 3.8) is 0 Å². The van der Waals surface area contributed by atoms with E-state index in [9.17, 15) is 22.9 Å². The molecule has 212 valence electrons. The summed E-state index contributed by atoms with van der Waals surface area (Å²) in [5, 5.41) is 15.1. The number of nitrogens with one attached hydrogen (secondary N) is 1. The van der Waals surface area contributed by atoms with Crippen LogP contribution in [0.4, 0.5) is 21.7 Å². The zero-order valence-corrected chi connectivity index (χ0v) is 22.9. The van der Waals surface area contributed by atoms with Crippen LogP contribution in [0.25, 0.3) is 16.7 Å². The van der Waals surface area contributed by atoms with Gasteiger partial charge in [-0.15, -0.1) is 0 Å². The third-order valence-corrected chi connectivity index (χ3v) is 6.75. The van der Waals surface area contributed by atoms with Crippen LogP contribution in [0.2, 0.25) is 5.02 Å². The van der Waals surface area contributed by atoms with Crippen LogP contribution in [0.1, 0.15) is 0 Å². The predicted molar refractivity (Wildman–Crippen MR) is 150 cm³/mol. The number of methoxy groups -OCH3 is 2. The quantitative estimate of drug-likeness (QED) is 0.132. The lowest BCUT2D eigenvalue weighted by atomic mass is 10.2. The van der Waals surface area contributed by atoms with Crippen LogP contribution in [0.15, 0.2) is 84.0 Å². The average molecular weight is 602 g/mol. The molecule has 12 nitrogen and oxygen atoms in total. The molecule has 2 heterocycles. The van der Waals surface area contributed by atoms with Crippen molar-refractivity contribution in [3.8, 4) is 17.3 Å². The second-order valence-corrected chi connectivity index (χ2v) is 9.95. The summed E-state index contributed by atoms with van der Waals surface area (Å²) < 4.78 is 55.4. The molecule has 2 aromatic heterocycles. The van der Waals surface area contributed by atoms with Crippen molar-refractivity contribution in [2.45, 2.75) is 4.90 Å². The Kier molecular flexibility index (Phi) is 8.66. The van der Waals surface area contributed by atoms with E-state index in [2.05, 4.69) is 15.3 Å². The molecule has 2 N–H and O–H groups in total. The predicted octanol–water partition coefficient (Wildman–Crippen LogP) is 5.82. The number of halogens is 2. The van der Waals surface area contributed by atoms with Crippen molar-refractivity contribution in [1.29, 1.82) is 0 Å². The van der Waals surface area contributed by atoms with Gasteiger partial charge in [0.2, 0.25) is 11.8 Å². The Morgan fingerprint density at radius 1 is 1.05 bits per heavy atom. The van der Waals surface area contributed by atoms with Gasteiger partial charge in [-0.2, -0.15) is 17.8 Å². The molecule has 0 amide bonds. The number of hydrogen-bond donors (Lipinski definition) is 2. The van der Waals surface area contributed by atoms with Gasteiger partial charge in [-0.1, -0.05) is 35.9 Å². The first kappa shape index (κ1) is 29.2. The van der Waals surface area contributed by atoms with E-state index < -0.39 is 26.5 Å². The van der Waals surface area contributed by atoms with Crippen molar-refractivity contribution in [2.24, 2.45) is 0 Å². The number of aromatic nitrogens is 3. The lowest BCUT2D eigenvalue weighted by Gasteiger charge is -2.12. The largest absolute Gasteiger partial charge is 0.496 e. The summed E-state index contributed by atoms with van der Waals surface area (Å²) in [6.45, 7) is 0. The molecular weight excluding hydrogens is 581 g/mol. The fourth-order valence-electron chi connectivity index (χ4n) is 3.75. The van der Waals surface area contributed by atoms with E-state index in [1.807, 2.05) is 24.3 Å². The van der Waals surface area contributed by atoms with Crippen molar-refractivity contribution in [2.75, 3.05) is 19.5 Å². The molecule has 0 fully saturated rings. The highest BCUT2D eigenvalue weighted by Gasteiger charge is 2.20. The van der Waals surface area contributed by atoms with E-state index in [4.69, 9.17) is 25.6 Å². The number of rotatable bonds is 7. The van der Waals surface area contributed by atoms with Gasteiger partial charge < -0.3 is 14.8 Å². The molecular formula is C26H21ClFN5O7S. The normalized spacial score (nSPS) is 11.0. The minimum Gasteiger partial charge on any atom is -0.496 e. The van der Waals surface area contributed by atoms with Gasteiger partial charge in [0.05, 0.1) is 41.4 Å². The highest BCUT2D eigenvalue weighted by atomic mass is 35.5. The Balaban J connectivity index is 0.000000328. The maximum Gasteiger partial charge on any atom is 0.307 e. The molecule has 0 spiro atoms. The van der Waals surface area contributed by atoms with Crippen LogP contribution in [-0.2, 0) is 10.1 Å². The SMILES string of the molecule is COc1cc(F)c([N+](=O)[O-])cc1Nc1ncc(Cl)c(-n2ccc3c(OC)cccc32)n1.O=S(=O)(O)c1ccccc1. The average Bonchev–Trinajstić information content (AvgIpc) is 3.39. The first-order valence-corrected chi connectivity index (χ1v) is 13.3. The van der Waals surface area contributed by atoms with Gasteiger partial charge in [-0.05, 0) is 30.3 Å². The fraction of sp³-hybridized carbons (Fsp3) is 0.0769. The first-order valence-electron chi connectivity index (χ1n) is 11.5. The van der Waals surface area contributed by atoms with E-state index in [1.165, 1.54) is 25.4 Å². The lowest BCUT2D eigenvalue weighted by Crippen LogP contribution is -2.05. The number of nitrogens with zero attached hydrogens (tertiary/aromatic N) is 4. The van der Waals surface area contributed by atoms with Crippen LogP contribution in [0.3, 0.4) is 0 Å². The summed E-state index contributed by atoms with van der Waals surface area (Å²) in [4.78, 5) is 18.7. The monoisotopic (exact) mass is 601 g/mol. The first-order chi connectivity index (χ1) is 19.5. The van der Waals surface area contributed by atoms with Gasteiger partial charge >= 0.3 is 5.69 Å². The van der Waals surface area contributed by atoms with Crippen molar-refractivity contribution >= 4 is 49.9 Å². The van der Waals surface area contributed by atoms with Crippen LogP contribution in [-0.4, -0.2) is 46.6 Å². The van der Waals surface area contributed by atoms with E-state index in [0.29, 0.717) is 11.6 Å². The maximum absolute atomic E-state index is 13.9. The third kappa shape index (κ3) is 6.51. The molecule has 5 aromatic rings. The summed E-state index contributed by atoms with van der Waals surface area (Å²) >= 11 is 6.34. The molecule has 41 heavy (non-hydrogen) atoms. The molecule has 0 atom stereocenters. The number of nitro groups is 1. The molecule has 0 saturated heterocycles. The second-order valence-electron chi connectivity index (χ2n) is 8.12. The highest BCUT2D eigenvalue weighted by Crippen LogP contribution is 2.34. The summed E-state index contributed by atoms with van der Waals surface area (Å²) in [7, 11) is -1.10. The van der Waals surface area contributed by atoms with Gasteiger partial charge in [0.15, 0.2) is 5.82 Å². The Morgan fingerprint density at radius 2 is 1.76 bits per heavy atom. The Hall–Kier alpha value is -4.79. The molecule has 0 radical (unpaired) electrons. The lowest BCUT2D eigenvalue weighted by molar-refractivity contribution is -0.387. The van der Waals surface area contributed by atoms with Crippen LogP contribution < -0.4 is 14.8 Å². The van der Waals surface area contributed by atoms with Gasteiger partial charge in [0.1, 0.15) is 16.5 Å². The zero-order chi connectivity index (χ0) is 29.7. The summed E-state index contributed by atoms with van der Waals surface area (Å²) in [5.74, 6) is 0.196. The van der Waals surface area contributed by atoms with Gasteiger partial charge in [0, 0.05) is 23.7 Å². The van der Waals surface area contributed by atoms with Gasteiger partial charge in [-0.3, -0.25) is 19.2 Å². The smallest absolute Gasteiger partial charge is 0.307 e. The van der Waals surface area contributed by atoms with Crippen LogP contribution in [0, 0.1) is 15.9 Å². The molecule has 0 aliphatic heterocycles. The van der Waals surface area contributed by atoms with Crippen molar-refractivity contribution in [3.05, 3.63) is 100 Å². The summed E-state index contributed by atoms with van der Waals surface area (Å²) in [6.07, 6.45) is 3.18. The van der Waals surface area contributed by atoms with Crippen LogP contribution >= 0.6 is 11.6 Å². The van der Waals surface area contributed by atoms with Gasteiger partial charge in [-0.25, -0.2) is 4.98 Å². The molecule has 0 saturated carbocycles.